The number of pyridine rings is 1. The average molecular weight is 361 g/mol. The van der Waals surface area contributed by atoms with Gasteiger partial charge in [-0.3, -0.25) is 4.98 Å². The standard InChI is InChI=1S/C23H14F3N/c24-20-10-4-1-7-15(20)18-13-27-14-19(16-8-2-5-11-21(16)25)23(18)17-9-3-6-12-22(17)26/h1-14H. The van der Waals surface area contributed by atoms with E-state index < -0.39 is 17.5 Å². The highest BCUT2D eigenvalue weighted by Gasteiger charge is 2.20. The molecule has 0 N–H and O–H groups in total. The molecule has 3 aromatic carbocycles. The van der Waals surface area contributed by atoms with Gasteiger partial charge >= 0.3 is 0 Å². The van der Waals surface area contributed by atoms with Gasteiger partial charge in [0.25, 0.3) is 0 Å². The zero-order chi connectivity index (χ0) is 18.8. The molecule has 0 fully saturated rings. The van der Waals surface area contributed by atoms with E-state index >= 15 is 0 Å². The molecule has 1 aromatic heterocycles. The summed E-state index contributed by atoms with van der Waals surface area (Å²) in [5.41, 5.74) is 2.02. The quantitative estimate of drug-likeness (QED) is 0.406. The number of hydrogen-bond acceptors (Lipinski definition) is 1. The number of halogens is 3. The molecule has 0 spiro atoms. The van der Waals surface area contributed by atoms with E-state index in [-0.39, 0.29) is 16.7 Å². The largest absolute Gasteiger partial charge is 0.263 e. The maximum Gasteiger partial charge on any atom is 0.131 e. The smallest absolute Gasteiger partial charge is 0.131 e. The summed E-state index contributed by atoms with van der Waals surface area (Å²) in [4.78, 5) is 4.18. The molecule has 0 atom stereocenters. The normalized spacial score (nSPS) is 10.8. The molecule has 4 heteroatoms. The maximum absolute atomic E-state index is 14.7. The molecule has 0 unspecified atom stereocenters. The first-order valence-corrected chi connectivity index (χ1v) is 8.39. The Morgan fingerprint density at radius 1 is 0.444 bits per heavy atom. The van der Waals surface area contributed by atoms with Gasteiger partial charge in [0, 0.05) is 45.8 Å². The van der Waals surface area contributed by atoms with Crippen LogP contribution in [0.25, 0.3) is 33.4 Å². The van der Waals surface area contributed by atoms with E-state index in [1.165, 1.54) is 30.6 Å². The van der Waals surface area contributed by atoms with Gasteiger partial charge in [0.15, 0.2) is 0 Å². The summed E-state index contributed by atoms with van der Waals surface area (Å²) in [5.74, 6) is -1.39. The Bertz CT molecular complexity index is 1060. The molecule has 0 aliphatic carbocycles. The summed E-state index contributed by atoms with van der Waals surface area (Å²) in [6.45, 7) is 0. The third kappa shape index (κ3) is 3.10. The highest BCUT2D eigenvalue weighted by Crippen LogP contribution is 2.41. The van der Waals surface area contributed by atoms with Crippen molar-refractivity contribution in [3.8, 4) is 33.4 Å². The lowest BCUT2D eigenvalue weighted by atomic mass is 9.89. The topological polar surface area (TPSA) is 12.9 Å². The van der Waals surface area contributed by atoms with Crippen LogP contribution in [0.1, 0.15) is 0 Å². The van der Waals surface area contributed by atoms with Crippen LogP contribution in [0.4, 0.5) is 13.2 Å². The van der Waals surface area contributed by atoms with Gasteiger partial charge in [-0.15, -0.1) is 0 Å². The van der Waals surface area contributed by atoms with Crippen LogP contribution in [0.3, 0.4) is 0 Å². The van der Waals surface area contributed by atoms with Crippen molar-refractivity contribution in [3.63, 3.8) is 0 Å². The molecule has 0 aliphatic heterocycles. The third-order valence-corrected chi connectivity index (χ3v) is 4.42. The molecular weight excluding hydrogens is 347 g/mol. The number of nitrogens with zero attached hydrogens (tertiary/aromatic N) is 1. The number of benzene rings is 3. The summed E-state index contributed by atoms with van der Waals surface area (Å²) in [6, 6.07) is 18.6. The van der Waals surface area contributed by atoms with Crippen molar-refractivity contribution in [2.45, 2.75) is 0 Å². The van der Waals surface area contributed by atoms with Gasteiger partial charge in [-0.05, 0) is 18.2 Å². The Labute approximate surface area is 154 Å². The van der Waals surface area contributed by atoms with Crippen LogP contribution in [0.2, 0.25) is 0 Å². The van der Waals surface area contributed by atoms with Crippen molar-refractivity contribution in [1.82, 2.24) is 4.98 Å². The van der Waals surface area contributed by atoms with Crippen molar-refractivity contribution in [1.29, 1.82) is 0 Å². The second-order valence-electron chi connectivity index (χ2n) is 6.05. The first kappa shape index (κ1) is 17.0. The van der Waals surface area contributed by atoms with Crippen LogP contribution < -0.4 is 0 Å². The average Bonchev–Trinajstić information content (AvgIpc) is 2.69. The van der Waals surface area contributed by atoms with E-state index in [0.29, 0.717) is 16.7 Å². The zero-order valence-electron chi connectivity index (χ0n) is 14.2. The van der Waals surface area contributed by atoms with Crippen molar-refractivity contribution in [3.05, 3.63) is 103 Å². The number of rotatable bonds is 3. The van der Waals surface area contributed by atoms with Gasteiger partial charge < -0.3 is 0 Å². The zero-order valence-corrected chi connectivity index (χ0v) is 14.2. The molecule has 0 aliphatic rings. The molecule has 0 radical (unpaired) electrons. The maximum atomic E-state index is 14.7. The van der Waals surface area contributed by atoms with E-state index in [2.05, 4.69) is 4.98 Å². The predicted molar refractivity (Wildman–Crippen MR) is 100 cm³/mol. The molecule has 1 nitrogen and oxygen atoms in total. The molecule has 27 heavy (non-hydrogen) atoms. The Kier molecular flexibility index (Phi) is 4.47. The predicted octanol–water partition coefficient (Wildman–Crippen LogP) is 6.50. The molecule has 0 saturated carbocycles. The fourth-order valence-corrected chi connectivity index (χ4v) is 3.18. The van der Waals surface area contributed by atoms with Gasteiger partial charge in [0.05, 0.1) is 0 Å². The highest BCUT2D eigenvalue weighted by atomic mass is 19.1. The second kappa shape index (κ2) is 7.08. The van der Waals surface area contributed by atoms with Crippen molar-refractivity contribution in [2.75, 3.05) is 0 Å². The first-order valence-electron chi connectivity index (χ1n) is 8.39. The first-order chi connectivity index (χ1) is 13.2. The van der Waals surface area contributed by atoms with Crippen LogP contribution in [0.15, 0.2) is 85.2 Å². The van der Waals surface area contributed by atoms with Gasteiger partial charge in [0.1, 0.15) is 17.5 Å². The summed E-state index contributed by atoms with van der Waals surface area (Å²) >= 11 is 0. The minimum absolute atomic E-state index is 0.261. The summed E-state index contributed by atoms with van der Waals surface area (Å²) in [7, 11) is 0. The molecule has 0 amide bonds. The molecular formula is C23H14F3N. The lowest BCUT2D eigenvalue weighted by Crippen LogP contribution is -1.97. The summed E-state index contributed by atoms with van der Waals surface area (Å²) in [6.07, 6.45) is 2.95. The van der Waals surface area contributed by atoms with E-state index in [0.717, 1.165) is 0 Å². The SMILES string of the molecule is Fc1ccccc1-c1cncc(-c2ccccc2F)c1-c1ccccc1F. The van der Waals surface area contributed by atoms with E-state index in [9.17, 15) is 13.2 Å². The minimum atomic E-state index is -0.473. The fraction of sp³-hybridized carbons (Fsp3) is 0. The molecule has 0 bridgehead atoms. The minimum Gasteiger partial charge on any atom is -0.263 e. The van der Waals surface area contributed by atoms with Crippen LogP contribution in [0, 0.1) is 17.5 Å². The lowest BCUT2D eigenvalue weighted by molar-refractivity contribution is 0.628. The van der Waals surface area contributed by atoms with Gasteiger partial charge in [0.2, 0.25) is 0 Å². The fourth-order valence-electron chi connectivity index (χ4n) is 3.18. The van der Waals surface area contributed by atoms with Crippen molar-refractivity contribution < 1.29 is 13.2 Å². The van der Waals surface area contributed by atoms with Crippen LogP contribution in [0.5, 0.6) is 0 Å². The molecule has 4 rings (SSSR count). The van der Waals surface area contributed by atoms with E-state index in [1.54, 1.807) is 54.6 Å². The molecule has 1 heterocycles. The van der Waals surface area contributed by atoms with Gasteiger partial charge in [-0.1, -0.05) is 54.6 Å². The summed E-state index contributed by atoms with van der Waals surface area (Å²) < 4.78 is 43.6. The third-order valence-electron chi connectivity index (χ3n) is 4.42. The van der Waals surface area contributed by atoms with Crippen LogP contribution in [-0.2, 0) is 0 Å². The lowest BCUT2D eigenvalue weighted by Gasteiger charge is -2.16. The van der Waals surface area contributed by atoms with Gasteiger partial charge in [-0.2, -0.15) is 0 Å². The molecule has 132 valence electrons. The molecule has 4 aromatic rings. The summed E-state index contributed by atoms with van der Waals surface area (Å²) in [5, 5.41) is 0. The molecule has 0 saturated heterocycles. The van der Waals surface area contributed by atoms with Crippen molar-refractivity contribution in [2.24, 2.45) is 0 Å². The Morgan fingerprint density at radius 3 is 1.22 bits per heavy atom. The van der Waals surface area contributed by atoms with E-state index in [4.69, 9.17) is 0 Å². The number of hydrogen-bond donors (Lipinski definition) is 0. The van der Waals surface area contributed by atoms with Crippen molar-refractivity contribution >= 4 is 0 Å². The van der Waals surface area contributed by atoms with Crippen LogP contribution >= 0.6 is 0 Å². The Hall–Kier alpha value is -3.40. The van der Waals surface area contributed by atoms with Gasteiger partial charge in [-0.25, -0.2) is 13.2 Å². The van der Waals surface area contributed by atoms with E-state index in [1.807, 2.05) is 0 Å². The Morgan fingerprint density at radius 2 is 0.815 bits per heavy atom. The monoisotopic (exact) mass is 361 g/mol. The highest BCUT2D eigenvalue weighted by molar-refractivity contribution is 5.94. The number of aromatic nitrogens is 1. The van der Waals surface area contributed by atoms with Crippen LogP contribution in [-0.4, -0.2) is 4.98 Å². The second-order valence-corrected chi connectivity index (χ2v) is 6.05. The Balaban J connectivity index is 2.10.